The van der Waals surface area contributed by atoms with E-state index in [-0.39, 0.29) is 22.2 Å². The molecule has 9 heteroatoms. The van der Waals surface area contributed by atoms with Gasteiger partial charge in [-0.05, 0) is 44.0 Å². The summed E-state index contributed by atoms with van der Waals surface area (Å²) in [6.45, 7) is 5.42. The van der Waals surface area contributed by atoms with Crippen molar-refractivity contribution >= 4 is 32.5 Å². The van der Waals surface area contributed by atoms with Gasteiger partial charge in [0.1, 0.15) is 10.6 Å². The van der Waals surface area contributed by atoms with Gasteiger partial charge < -0.3 is 9.47 Å². The summed E-state index contributed by atoms with van der Waals surface area (Å²) < 4.78 is 37.7. The fraction of sp³-hybridized carbons (Fsp3) is 0.375. The van der Waals surface area contributed by atoms with Gasteiger partial charge in [-0.1, -0.05) is 0 Å². The van der Waals surface area contributed by atoms with Crippen LogP contribution in [0.5, 0.6) is 5.75 Å². The van der Waals surface area contributed by atoms with Crippen molar-refractivity contribution in [3.63, 3.8) is 0 Å². The Balaban J connectivity index is 2.35. The normalized spacial score (nSPS) is 11.2. The van der Waals surface area contributed by atoms with Gasteiger partial charge in [0.05, 0.1) is 26.3 Å². The van der Waals surface area contributed by atoms with Gasteiger partial charge in [-0.15, -0.1) is 11.3 Å². The molecular weight excluding hydrogens is 364 g/mol. The molecule has 1 aromatic carbocycles. The van der Waals surface area contributed by atoms with Crippen LogP contribution in [0.2, 0.25) is 0 Å². The van der Waals surface area contributed by atoms with E-state index in [4.69, 9.17) is 4.74 Å². The van der Waals surface area contributed by atoms with Crippen molar-refractivity contribution in [2.75, 3.05) is 18.9 Å². The molecule has 2 rings (SSSR count). The summed E-state index contributed by atoms with van der Waals surface area (Å²) in [7, 11) is -1.15. The van der Waals surface area contributed by atoms with Gasteiger partial charge in [-0.2, -0.15) is 0 Å². The zero-order valence-corrected chi connectivity index (χ0v) is 16.3. The number of hydrogen-bond donors (Lipinski definition) is 1. The monoisotopic (exact) mass is 384 g/mol. The molecule has 0 spiro atoms. The number of nitrogens with one attached hydrogen (secondary N) is 1. The molecule has 1 N–H and O–H groups in total. The molecule has 0 bridgehead atoms. The third-order valence-electron chi connectivity index (χ3n) is 3.72. The van der Waals surface area contributed by atoms with Crippen LogP contribution in [0.25, 0.3) is 0 Å². The van der Waals surface area contributed by atoms with Crippen molar-refractivity contribution in [2.45, 2.75) is 32.1 Å². The first kappa shape index (κ1) is 19.2. The molecule has 0 aliphatic heterocycles. The molecule has 7 nitrogen and oxygen atoms in total. The lowest BCUT2D eigenvalue weighted by molar-refractivity contribution is -0.139. The quantitative estimate of drug-likeness (QED) is 0.769. The predicted octanol–water partition coefficient (Wildman–Crippen LogP) is 2.59. The summed E-state index contributed by atoms with van der Waals surface area (Å²) in [6.07, 6.45) is 0.0503. The molecule has 2 aromatic rings. The number of carbonyl (C=O) groups excluding carboxylic acids is 1. The Bertz CT molecular complexity index is 903. The average molecular weight is 384 g/mol. The van der Waals surface area contributed by atoms with Crippen LogP contribution in [0.1, 0.15) is 21.7 Å². The third kappa shape index (κ3) is 4.29. The fourth-order valence-electron chi connectivity index (χ4n) is 2.14. The molecule has 1 heterocycles. The molecule has 0 atom stereocenters. The molecule has 136 valence electrons. The van der Waals surface area contributed by atoms with E-state index in [9.17, 15) is 13.2 Å². The van der Waals surface area contributed by atoms with E-state index in [1.54, 1.807) is 19.1 Å². The highest BCUT2D eigenvalue weighted by molar-refractivity contribution is 7.93. The number of ether oxygens (including phenoxy) is 2. The van der Waals surface area contributed by atoms with Crippen molar-refractivity contribution in [2.24, 2.45) is 0 Å². The van der Waals surface area contributed by atoms with Crippen LogP contribution in [-0.2, 0) is 26.0 Å². The second-order valence-corrected chi connectivity index (χ2v) is 8.21. The lowest BCUT2D eigenvalue weighted by Gasteiger charge is -2.12. The van der Waals surface area contributed by atoms with Gasteiger partial charge in [-0.3, -0.25) is 9.52 Å². The summed E-state index contributed by atoms with van der Waals surface area (Å²) in [5, 5.41) is 0.191. The molecule has 0 radical (unpaired) electrons. The average Bonchev–Trinajstić information content (AvgIpc) is 2.87. The number of nitrogens with zero attached hydrogens (tertiary/aromatic N) is 1. The Morgan fingerprint density at radius 3 is 2.44 bits per heavy atom. The number of thiazole rings is 1. The van der Waals surface area contributed by atoms with Crippen molar-refractivity contribution in [3.8, 4) is 5.75 Å². The lowest BCUT2D eigenvalue weighted by Crippen LogP contribution is -2.14. The highest BCUT2D eigenvalue weighted by Gasteiger charge is 2.23. The third-order valence-corrected chi connectivity index (χ3v) is 6.28. The van der Waals surface area contributed by atoms with E-state index in [0.717, 1.165) is 22.5 Å². The zero-order valence-electron chi connectivity index (χ0n) is 14.7. The number of anilines is 1. The maximum absolute atomic E-state index is 12.7. The van der Waals surface area contributed by atoms with Gasteiger partial charge in [0.2, 0.25) is 0 Å². The Morgan fingerprint density at radius 2 is 1.84 bits per heavy atom. The van der Waals surface area contributed by atoms with E-state index < -0.39 is 16.0 Å². The van der Waals surface area contributed by atoms with Crippen molar-refractivity contribution in [1.82, 2.24) is 4.98 Å². The molecule has 0 fully saturated rings. The smallest absolute Gasteiger partial charge is 0.310 e. The summed E-state index contributed by atoms with van der Waals surface area (Å²) in [4.78, 5) is 16.3. The van der Waals surface area contributed by atoms with E-state index in [1.165, 1.54) is 14.2 Å². The first-order valence-corrected chi connectivity index (χ1v) is 9.69. The number of methoxy groups -OCH3 is 2. The number of hydrogen-bond acceptors (Lipinski definition) is 7. The number of rotatable bonds is 6. The second-order valence-electron chi connectivity index (χ2n) is 5.47. The Hall–Kier alpha value is -2.13. The van der Waals surface area contributed by atoms with Crippen LogP contribution in [-0.4, -0.2) is 33.6 Å². The number of aryl methyl sites for hydroxylation is 3. The molecule has 0 saturated heterocycles. The standard InChI is InChI=1S/C16H20N2O5S2/c1-9-6-12(22-4)14(7-10(9)2)25(20,21)18-16-17-11(3)13(24-16)8-15(19)23-5/h6-7H,8H2,1-5H3,(H,17,18). The van der Waals surface area contributed by atoms with Gasteiger partial charge in [0.15, 0.2) is 5.13 Å². The van der Waals surface area contributed by atoms with Crippen molar-refractivity contribution < 1.29 is 22.7 Å². The van der Waals surface area contributed by atoms with Gasteiger partial charge in [0, 0.05) is 4.88 Å². The minimum absolute atomic E-state index is 0.0421. The number of aromatic nitrogens is 1. The molecular formula is C16H20N2O5S2. The Labute approximate surface area is 151 Å². The topological polar surface area (TPSA) is 94.6 Å². The molecule has 0 aliphatic carbocycles. The predicted molar refractivity (Wildman–Crippen MR) is 95.8 cm³/mol. The second kappa shape index (κ2) is 7.40. The highest BCUT2D eigenvalue weighted by atomic mass is 32.2. The van der Waals surface area contributed by atoms with Crippen LogP contribution in [0.3, 0.4) is 0 Å². The molecule has 0 aliphatic rings. The SMILES string of the molecule is COC(=O)Cc1sc(NS(=O)(=O)c2cc(C)c(C)cc2OC)nc1C. The number of esters is 1. The fourth-order valence-corrected chi connectivity index (χ4v) is 4.56. The maximum Gasteiger partial charge on any atom is 0.310 e. The van der Waals surface area contributed by atoms with Crippen LogP contribution in [0.15, 0.2) is 17.0 Å². The van der Waals surface area contributed by atoms with Gasteiger partial charge >= 0.3 is 5.97 Å². The Morgan fingerprint density at radius 1 is 1.20 bits per heavy atom. The van der Waals surface area contributed by atoms with Crippen LogP contribution in [0.4, 0.5) is 5.13 Å². The first-order chi connectivity index (χ1) is 11.7. The van der Waals surface area contributed by atoms with Crippen LogP contribution < -0.4 is 9.46 Å². The summed E-state index contributed by atoms with van der Waals surface area (Å²) in [5.74, 6) is -0.143. The van der Waals surface area contributed by atoms with Gasteiger partial charge in [0.25, 0.3) is 10.0 Å². The maximum atomic E-state index is 12.7. The minimum Gasteiger partial charge on any atom is -0.495 e. The number of sulfonamides is 1. The number of benzene rings is 1. The van der Waals surface area contributed by atoms with Crippen molar-refractivity contribution in [3.05, 3.63) is 33.8 Å². The van der Waals surface area contributed by atoms with Crippen molar-refractivity contribution in [1.29, 1.82) is 0 Å². The van der Waals surface area contributed by atoms with Crippen LogP contribution >= 0.6 is 11.3 Å². The van der Waals surface area contributed by atoms with E-state index in [2.05, 4.69) is 14.4 Å². The minimum atomic E-state index is -3.88. The highest BCUT2D eigenvalue weighted by Crippen LogP contribution is 2.31. The Kier molecular flexibility index (Phi) is 5.69. The molecule has 0 saturated carbocycles. The molecule has 0 amide bonds. The number of carbonyl (C=O) groups is 1. The molecule has 25 heavy (non-hydrogen) atoms. The van der Waals surface area contributed by atoms with E-state index >= 15 is 0 Å². The zero-order chi connectivity index (χ0) is 18.8. The molecule has 1 aromatic heterocycles. The summed E-state index contributed by atoms with van der Waals surface area (Å²) >= 11 is 1.10. The van der Waals surface area contributed by atoms with Crippen LogP contribution in [0, 0.1) is 20.8 Å². The summed E-state index contributed by atoms with van der Waals surface area (Å²) in [6, 6.07) is 3.24. The lowest BCUT2D eigenvalue weighted by atomic mass is 10.1. The first-order valence-electron chi connectivity index (χ1n) is 7.39. The van der Waals surface area contributed by atoms with Gasteiger partial charge in [-0.25, -0.2) is 13.4 Å². The summed E-state index contributed by atoms with van der Waals surface area (Å²) in [5.41, 5.74) is 2.35. The largest absolute Gasteiger partial charge is 0.495 e. The molecule has 0 unspecified atom stereocenters. The van der Waals surface area contributed by atoms with E-state index in [1.807, 2.05) is 13.8 Å². The van der Waals surface area contributed by atoms with E-state index in [0.29, 0.717) is 10.6 Å².